The number of aryl methyl sites for hydroxylation is 1. The van der Waals surface area contributed by atoms with Crippen molar-refractivity contribution in [3.05, 3.63) is 68.7 Å². The predicted molar refractivity (Wildman–Crippen MR) is 114 cm³/mol. The lowest BCUT2D eigenvalue weighted by atomic mass is 9.86. The number of benzene rings is 2. The summed E-state index contributed by atoms with van der Waals surface area (Å²) in [5, 5.41) is 3.78. The second-order valence-corrected chi connectivity index (χ2v) is 9.23. The van der Waals surface area contributed by atoms with E-state index in [1.807, 2.05) is 0 Å². The van der Waals surface area contributed by atoms with Crippen LogP contribution in [0.3, 0.4) is 0 Å². The second kappa shape index (κ2) is 8.80. The highest BCUT2D eigenvalue weighted by atomic mass is 35.5. The van der Waals surface area contributed by atoms with Gasteiger partial charge in [0.15, 0.2) is 0 Å². The monoisotopic (exact) mass is 492 g/mol. The van der Waals surface area contributed by atoms with Gasteiger partial charge in [-0.05, 0) is 48.4 Å². The third kappa shape index (κ3) is 4.73. The topological polar surface area (TPSA) is 67.8 Å². The van der Waals surface area contributed by atoms with Gasteiger partial charge in [0.2, 0.25) is 0 Å². The maximum absolute atomic E-state index is 14.1. The molecule has 1 amide bonds. The molecule has 1 aliphatic rings. The van der Waals surface area contributed by atoms with Gasteiger partial charge in [-0.15, -0.1) is 0 Å². The van der Waals surface area contributed by atoms with E-state index in [1.54, 1.807) is 13.8 Å². The Hall–Kier alpha value is -2.10. The van der Waals surface area contributed by atoms with E-state index in [1.165, 1.54) is 24.3 Å². The summed E-state index contributed by atoms with van der Waals surface area (Å²) in [6, 6.07) is 8.06. The lowest BCUT2D eigenvalue weighted by Crippen LogP contribution is -2.42. The van der Waals surface area contributed by atoms with Gasteiger partial charge in [0, 0.05) is 33.3 Å². The van der Waals surface area contributed by atoms with Crippen molar-refractivity contribution in [1.82, 2.24) is 4.72 Å². The molecule has 2 aromatic carbocycles. The van der Waals surface area contributed by atoms with Crippen LogP contribution >= 0.6 is 23.2 Å². The van der Waals surface area contributed by atoms with Crippen molar-refractivity contribution < 1.29 is 27.0 Å². The van der Waals surface area contributed by atoms with Gasteiger partial charge in [0.1, 0.15) is 11.0 Å². The van der Waals surface area contributed by atoms with Crippen molar-refractivity contribution in [2.24, 2.45) is 5.16 Å². The largest absolute Gasteiger partial charge is 0.435 e. The van der Waals surface area contributed by atoms with Gasteiger partial charge in [-0.2, -0.15) is 13.2 Å². The molecule has 0 bridgehead atoms. The van der Waals surface area contributed by atoms with Gasteiger partial charge in [-0.3, -0.25) is 9.52 Å². The zero-order valence-corrected chi connectivity index (χ0v) is 18.7. The summed E-state index contributed by atoms with van der Waals surface area (Å²) in [5.41, 5.74) is -1.83. The van der Waals surface area contributed by atoms with Crippen molar-refractivity contribution in [3.63, 3.8) is 0 Å². The average Bonchev–Trinajstić information content (AvgIpc) is 3.13. The highest BCUT2D eigenvalue weighted by Crippen LogP contribution is 2.49. The van der Waals surface area contributed by atoms with Crippen LogP contribution < -0.4 is 4.72 Å². The van der Waals surface area contributed by atoms with E-state index in [-0.39, 0.29) is 32.6 Å². The maximum atomic E-state index is 14.1. The fourth-order valence-electron chi connectivity index (χ4n) is 3.17. The smallest absolute Gasteiger partial charge is 0.374 e. The highest BCUT2D eigenvalue weighted by molar-refractivity contribution is 7.83. The van der Waals surface area contributed by atoms with Crippen molar-refractivity contribution in [2.45, 2.75) is 32.0 Å². The average molecular weight is 493 g/mol. The number of carbonyl (C=O) groups is 1. The molecular weight excluding hydrogens is 476 g/mol. The number of nitrogens with one attached hydrogen (secondary N) is 1. The quantitative estimate of drug-likeness (QED) is 0.615. The van der Waals surface area contributed by atoms with E-state index in [0.717, 1.165) is 12.1 Å². The van der Waals surface area contributed by atoms with Crippen LogP contribution in [-0.2, 0) is 21.4 Å². The molecule has 0 aromatic heterocycles. The fraction of sp³-hybridized carbons (Fsp3) is 0.300. The summed E-state index contributed by atoms with van der Waals surface area (Å²) < 4.78 is 56.2. The molecule has 1 heterocycles. The molecular formula is C20H17Cl2F3N2O3S. The Labute approximate surface area is 189 Å². The first-order valence-corrected chi connectivity index (χ1v) is 11.1. The van der Waals surface area contributed by atoms with Crippen molar-refractivity contribution in [3.8, 4) is 0 Å². The summed E-state index contributed by atoms with van der Waals surface area (Å²) in [6.45, 7) is 3.28. The number of amides is 1. The SMILES string of the molecule is CCS(=O)NC(=O)c1ccc(C2=NOC(c3cc(Cl)cc(Cl)c3)(C(F)(F)F)C2)cc1C. The van der Waals surface area contributed by atoms with Crippen molar-refractivity contribution in [2.75, 3.05) is 5.75 Å². The second-order valence-electron chi connectivity index (χ2n) is 6.88. The van der Waals surface area contributed by atoms with Crippen molar-refractivity contribution >= 4 is 45.8 Å². The normalized spacial score (nSPS) is 19.5. The standard InChI is InChI=1S/C20H17Cl2F3N2O3S/c1-3-31(29)27-18(28)16-5-4-12(6-11(16)2)17-10-19(30-26-17,20(23,24)25)13-7-14(21)9-15(22)8-13/h4-9H,3,10H2,1-2H3,(H,27,28). The Morgan fingerprint density at radius 1 is 1.23 bits per heavy atom. The summed E-state index contributed by atoms with van der Waals surface area (Å²) >= 11 is 11.8. The zero-order valence-electron chi connectivity index (χ0n) is 16.3. The number of hydrogen-bond acceptors (Lipinski definition) is 4. The first-order chi connectivity index (χ1) is 14.5. The number of nitrogens with zero attached hydrogens (tertiary/aromatic N) is 1. The van der Waals surface area contributed by atoms with Gasteiger partial charge < -0.3 is 4.84 Å². The van der Waals surface area contributed by atoms with Gasteiger partial charge in [-0.25, -0.2) is 4.21 Å². The van der Waals surface area contributed by atoms with E-state index in [9.17, 15) is 22.2 Å². The molecule has 0 fully saturated rings. The van der Waals surface area contributed by atoms with E-state index < -0.39 is 35.1 Å². The Balaban J connectivity index is 1.93. The lowest BCUT2D eigenvalue weighted by molar-refractivity contribution is -0.275. The van der Waals surface area contributed by atoms with E-state index >= 15 is 0 Å². The Morgan fingerprint density at radius 2 is 1.87 bits per heavy atom. The Bertz CT molecular complexity index is 1070. The number of rotatable bonds is 5. The summed E-state index contributed by atoms with van der Waals surface area (Å²) in [4.78, 5) is 17.2. The van der Waals surface area contributed by atoms with E-state index in [0.29, 0.717) is 11.1 Å². The molecule has 2 unspecified atom stereocenters. The van der Waals surface area contributed by atoms with E-state index in [4.69, 9.17) is 28.0 Å². The van der Waals surface area contributed by atoms with Crippen LogP contribution in [0.1, 0.15) is 40.4 Å². The van der Waals surface area contributed by atoms with Crippen LogP contribution in [0.5, 0.6) is 0 Å². The first-order valence-electron chi connectivity index (χ1n) is 9.05. The number of oxime groups is 1. The molecule has 31 heavy (non-hydrogen) atoms. The molecule has 0 radical (unpaired) electrons. The molecule has 1 N–H and O–H groups in total. The molecule has 0 saturated carbocycles. The minimum atomic E-state index is -4.80. The number of halogens is 5. The van der Waals surface area contributed by atoms with Gasteiger partial charge in [-0.1, -0.05) is 41.3 Å². The molecule has 2 aromatic rings. The van der Waals surface area contributed by atoms with Crippen molar-refractivity contribution in [1.29, 1.82) is 0 Å². The molecule has 0 spiro atoms. The third-order valence-electron chi connectivity index (χ3n) is 4.79. The van der Waals surface area contributed by atoms with Crippen LogP contribution in [0.4, 0.5) is 13.2 Å². The number of carbonyl (C=O) groups excluding carboxylic acids is 1. The molecule has 3 rings (SSSR count). The maximum Gasteiger partial charge on any atom is 0.435 e. The van der Waals surface area contributed by atoms with Crippen LogP contribution in [0.25, 0.3) is 0 Å². The van der Waals surface area contributed by atoms with Gasteiger partial charge in [0.25, 0.3) is 11.5 Å². The summed E-state index contributed by atoms with van der Waals surface area (Å²) in [7, 11) is -1.51. The fourth-order valence-corrected chi connectivity index (χ4v) is 4.16. The molecule has 0 saturated heterocycles. The predicted octanol–water partition coefficient (Wildman–Crippen LogP) is 5.30. The summed E-state index contributed by atoms with van der Waals surface area (Å²) in [5.74, 6) is -0.281. The number of alkyl halides is 3. The third-order valence-corrected chi connectivity index (χ3v) is 6.16. The zero-order chi connectivity index (χ0) is 23.0. The molecule has 0 aliphatic carbocycles. The molecule has 5 nitrogen and oxygen atoms in total. The van der Waals surface area contributed by atoms with Crippen LogP contribution in [0.15, 0.2) is 41.6 Å². The minimum absolute atomic E-state index is 0.0406. The first kappa shape index (κ1) is 23.6. The van der Waals surface area contributed by atoms with Crippen LogP contribution in [0, 0.1) is 6.92 Å². The minimum Gasteiger partial charge on any atom is -0.374 e. The Kier molecular flexibility index (Phi) is 6.69. The molecule has 11 heteroatoms. The van der Waals surface area contributed by atoms with Crippen LogP contribution in [-0.4, -0.2) is 27.8 Å². The van der Waals surface area contributed by atoms with Gasteiger partial charge in [0.05, 0.1) is 5.71 Å². The Morgan fingerprint density at radius 3 is 2.42 bits per heavy atom. The molecule has 2 atom stereocenters. The van der Waals surface area contributed by atoms with Gasteiger partial charge >= 0.3 is 6.18 Å². The van der Waals surface area contributed by atoms with E-state index in [2.05, 4.69) is 9.88 Å². The lowest BCUT2D eigenvalue weighted by Gasteiger charge is -2.29. The number of hydrogen-bond donors (Lipinski definition) is 1. The summed E-state index contributed by atoms with van der Waals surface area (Å²) in [6.07, 6.45) is -5.40. The van der Waals surface area contributed by atoms with Crippen LogP contribution in [0.2, 0.25) is 10.0 Å². The molecule has 1 aliphatic heterocycles. The highest BCUT2D eigenvalue weighted by Gasteiger charge is 2.62. The molecule has 166 valence electrons.